The number of sulfonamides is 1. The lowest BCUT2D eigenvalue weighted by molar-refractivity contribution is 0.0143. The Bertz CT molecular complexity index is 921. The van der Waals surface area contributed by atoms with Crippen LogP contribution in [0.4, 0.5) is 5.69 Å². The minimum atomic E-state index is -3.71. The number of benzene rings is 2. The third kappa shape index (κ3) is 6.07. The molecular formula is C24H34N2O4S. The van der Waals surface area contributed by atoms with Crippen LogP contribution in [0, 0.1) is 5.92 Å². The van der Waals surface area contributed by atoms with Crippen LogP contribution in [0.25, 0.3) is 0 Å². The number of hydrogen-bond donors (Lipinski definition) is 1. The van der Waals surface area contributed by atoms with E-state index in [0.29, 0.717) is 37.6 Å². The zero-order valence-corrected chi connectivity index (χ0v) is 19.5. The van der Waals surface area contributed by atoms with Crippen molar-refractivity contribution in [1.82, 2.24) is 4.90 Å². The van der Waals surface area contributed by atoms with Crippen LogP contribution in [0.1, 0.15) is 38.0 Å². The van der Waals surface area contributed by atoms with Gasteiger partial charge in [0.1, 0.15) is 0 Å². The average Bonchev–Trinajstić information content (AvgIpc) is 2.78. The first-order valence-electron chi connectivity index (χ1n) is 11.0. The SMILES string of the molecule is CCc1ccc(N(CC(C)C)S(=O)(=O)c2ccc(C(O)CN3CCOCC3)cc2)cc1. The molecule has 0 spiro atoms. The summed E-state index contributed by atoms with van der Waals surface area (Å²) in [5, 5.41) is 10.6. The molecule has 0 amide bonds. The molecule has 6 nitrogen and oxygen atoms in total. The van der Waals surface area contributed by atoms with E-state index in [1.807, 2.05) is 38.1 Å². The van der Waals surface area contributed by atoms with Crippen LogP contribution >= 0.6 is 0 Å². The van der Waals surface area contributed by atoms with Crippen LogP contribution in [0.3, 0.4) is 0 Å². The van der Waals surface area contributed by atoms with E-state index in [2.05, 4.69) is 11.8 Å². The number of β-amino-alcohol motifs (C(OH)–C–C–N with tert-alkyl or cyclic N) is 1. The van der Waals surface area contributed by atoms with Crippen molar-refractivity contribution in [2.45, 2.75) is 38.2 Å². The predicted octanol–water partition coefficient (Wildman–Crippen LogP) is 3.47. The minimum Gasteiger partial charge on any atom is -0.387 e. The van der Waals surface area contributed by atoms with E-state index in [1.54, 1.807) is 24.3 Å². The number of aliphatic hydroxyl groups excluding tert-OH is 1. The number of ether oxygens (including phenoxy) is 1. The highest BCUT2D eigenvalue weighted by Crippen LogP contribution is 2.27. The van der Waals surface area contributed by atoms with E-state index >= 15 is 0 Å². The van der Waals surface area contributed by atoms with Crippen molar-refractivity contribution >= 4 is 15.7 Å². The number of aliphatic hydroxyl groups is 1. The summed E-state index contributed by atoms with van der Waals surface area (Å²) in [5.41, 5.74) is 2.56. The number of nitrogens with zero attached hydrogens (tertiary/aromatic N) is 2. The molecule has 1 saturated heterocycles. The van der Waals surface area contributed by atoms with Crippen LogP contribution in [-0.2, 0) is 21.2 Å². The lowest BCUT2D eigenvalue weighted by Crippen LogP contribution is -2.38. The van der Waals surface area contributed by atoms with Crippen molar-refractivity contribution in [2.24, 2.45) is 5.92 Å². The summed E-state index contributed by atoms with van der Waals surface area (Å²) < 4.78 is 33.8. The molecule has 0 aliphatic carbocycles. The zero-order chi connectivity index (χ0) is 22.4. The number of rotatable bonds is 9. The molecular weight excluding hydrogens is 412 g/mol. The maximum Gasteiger partial charge on any atom is 0.264 e. The van der Waals surface area contributed by atoms with Crippen molar-refractivity contribution in [3.8, 4) is 0 Å². The number of anilines is 1. The second kappa shape index (κ2) is 10.6. The Hall–Kier alpha value is -1.93. The van der Waals surface area contributed by atoms with Gasteiger partial charge in [0.05, 0.1) is 29.9 Å². The Morgan fingerprint density at radius 1 is 1.03 bits per heavy atom. The molecule has 1 unspecified atom stereocenters. The molecule has 0 bridgehead atoms. The number of morpholine rings is 1. The van der Waals surface area contributed by atoms with Gasteiger partial charge in [0.2, 0.25) is 0 Å². The van der Waals surface area contributed by atoms with Gasteiger partial charge in [0, 0.05) is 26.2 Å². The molecule has 2 aromatic rings. The number of hydrogen-bond acceptors (Lipinski definition) is 5. The van der Waals surface area contributed by atoms with Crippen molar-refractivity contribution < 1.29 is 18.3 Å². The van der Waals surface area contributed by atoms with Gasteiger partial charge >= 0.3 is 0 Å². The molecule has 170 valence electrons. The highest BCUT2D eigenvalue weighted by atomic mass is 32.2. The summed E-state index contributed by atoms with van der Waals surface area (Å²) in [5.74, 6) is 0.176. The van der Waals surface area contributed by atoms with E-state index in [4.69, 9.17) is 4.74 Å². The quantitative estimate of drug-likeness (QED) is 0.639. The zero-order valence-electron chi connectivity index (χ0n) is 18.7. The molecule has 31 heavy (non-hydrogen) atoms. The maximum atomic E-state index is 13.5. The average molecular weight is 447 g/mol. The topological polar surface area (TPSA) is 70.1 Å². The summed E-state index contributed by atoms with van der Waals surface area (Å²) in [6, 6.07) is 14.3. The van der Waals surface area contributed by atoms with E-state index in [-0.39, 0.29) is 10.8 Å². The molecule has 1 aliphatic heterocycles. The van der Waals surface area contributed by atoms with E-state index < -0.39 is 16.1 Å². The second-order valence-corrected chi connectivity index (χ2v) is 10.3. The Balaban J connectivity index is 1.80. The van der Waals surface area contributed by atoms with Crippen LogP contribution < -0.4 is 4.31 Å². The minimum absolute atomic E-state index is 0.176. The smallest absolute Gasteiger partial charge is 0.264 e. The Kier molecular flexibility index (Phi) is 8.11. The molecule has 1 N–H and O–H groups in total. The van der Waals surface area contributed by atoms with Crippen LogP contribution in [0.15, 0.2) is 53.4 Å². The molecule has 1 aliphatic rings. The van der Waals surface area contributed by atoms with Gasteiger partial charge in [-0.05, 0) is 47.7 Å². The Morgan fingerprint density at radius 2 is 1.65 bits per heavy atom. The van der Waals surface area contributed by atoms with Gasteiger partial charge in [-0.25, -0.2) is 8.42 Å². The molecule has 1 atom stereocenters. The van der Waals surface area contributed by atoms with Gasteiger partial charge in [-0.1, -0.05) is 45.0 Å². The summed E-state index contributed by atoms with van der Waals surface area (Å²) >= 11 is 0. The summed E-state index contributed by atoms with van der Waals surface area (Å²) in [6.07, 6.45) is 0.244. The molecule has 1 heterocycles. The van der Waals surface area contributed by atoms with E-state index in [0.717, 1.165) is 19.5 Å². The van der Waals surface area contributed by atoms with Gasteiger partial charge in [-0.15, -0.1) is 0 Å². The van der Waals surface area contributed by atoms with Crippen LogP contribution in [-0.4, -0.2) is 57.8 Å². The first kappa shape index (κ1) is 23.7. The van der Waals surface area contributed by atoms with E-state index in [9.17, 15) is 13.5 Å². The van der Waals surface area contributed by atoms with Gasteiger partial charge in [0.25, 0.3) is 10.0 Å². The molecule has 0 radical (unpaired) electrons. The molecule has 0 saturated carbocycles. The predicted molar refractivity (Wildman–Crippen MR) is 124 cm³/mol. The van der Waals surface area contributed by atoms with Gasteiger partial charge in [0.15, 0.2) is 0 Å². The molecule has 2 aromatic carbocycles. The fraction of sp³-hybridized carbons (Fsp3) is 0.500. The molecule has 3 rings (SSSR count). The lowest BCUT2D eigenvalue weighted by atomic mass is 10.1. The van der Waals surface area contributed by atoms with Gasteiger partial charge in [-0.3, -0.25) is 9.21 Å². The molecule has 1 fully saturated rings. The van der Waals surface area contributed by atoms with Crippen molar-refractivity contribution in [1.29, 1.82) is 0 Å². The standard InChI is InChI=1S/C24H34N2O4S/c1-4-20-5-9-22(10-6-20)26(17-19(2)3)31(28,29)23-11-7-21(8-12-23)24(27)18-25-13-15-30-16-14-25/h5-12,19,24,27H,4,13-18H2,1-3H3. The summed E-state index contributed by atoms with van der Waals surface area (Å²) in [4.78, 5) is 2.39. The van der Waals surface area contributed by atoms with Crippen LogP contribution in [0.2, 0.25) is 0 Å². The Morgan fingerprint density at radius 3 is 2.19 bits per heavy atom. The first-order chi connectivity index (χ1) is 14.8. The fourth-order valence-electron chi connectivity index (χ4n) is 3.69. The van der Waals surface area contributed by atoms with E-state index in [1.165, 1.54) is 9.87 Å². The van der Waals surface area contributed by atoms with Crippen molar-refractivity contribution in [2.75, 3.05) is 43.7 Å². The van der Waals surface area contributed by atoms with Crippen LogP contribution in [0.5, 0.6) is 0 Å². The highest BCUT2D eigenvalue weighted by molar-refractivity contribution is 7.92. The van der Waals surface area contributed by atoms with Gasteiger partial charge in [-0.2, -0.15) is 0 Å². The molecule has 7 heteroatoms. The van der Waals surface area contributed by atoms with Crippen molar-refractivity contribution in [3.05, 3.63) is 59.7 Å². The number of aryl methyl sites for hydroxylation is 1. The first-order valence-corrected chi connectivity index (χ1v) is 12.4. The lowest BCUT2D eigenvalue weighted by Gasteiger charge is -2.29. The third-order valence-corrected chi connectivity index (χ3v) is 7.36. The summed E-state index contributed by atoms with van der Waals surface area (Å²) in [6.45, 7) is 9.95. The van der Waals surface area contributed by atoms with Crippen molar-refractivity contribution in [3.63, 3.8) is 0 Å². The normalized spacial score (nSPS) is 16.4. The Labute approximate surface area is 186 Å². The third-order valence-electron chi connectivity index (χ3n) is 5.55. The highest BCUT2D eigenvalue weighted by Gasteiger charge is 2.26. The summed E-state index contributed by atoms with van der Waals surface area (Å²) in [7, 11) is -3.71. The molecule has 0 aromatic heterocycles. The van der Waals surface area contributed by atoms with Gasteiger partial charge < -0.3 is 9.84 Å². The second-order valence-electron chi connectivity index (χ2n) is 8.45. The largest absolute Gasteiger partial charge is 0.387 e. The monoisotopic (exact) mass is 446 g/mol. The fourth-order valence-corrected chi connectivity index (χ4v) is 5.32. The maximum absolute atomic E-state index is 13.5.